The molecule has 13 heteroatoms. The molecular weight excluding hydrogens is 872 g/mol. The highest BCUT2D eigenvalue weighted by Crippen LogP contribution is 2.46. The second-order valence-corrected chi connectivity index (χ2v) is 17.8. The number of nitrogens with zero attached hydrogens (tertiary/aromatic N) is 6. The van der Waals surface area contributed by atoms with E-state index in [9.17, 15) is 4.79 Å². The number of halogens is 2. The van der Waals surface area contributed by atoms with Crippen molar-refractivity contribution in [3.63, 3.8) is 0 Å². The number of benzene rings is 4. The fraction of sp³-hybridized carbons (Fsp3) is 0.264. The number of methoxy groups -OCH3 is 1. The van der Waals surface area contributed by atoms with Gasteiger partial charge < -0.3 is 28.2 Å². The minimum Gasteiger partial charge on any atom is -0.494 e. The predicted molar refractivity (Wildman–Crippen MR) is 261 cm³/mol. The van der Waals surface area contributed by atoms with Crippen LogP contribution in [0, 0.1) is 34.6 Å². The van der Waals surface area contributed by atoms with Gasteiger partial charge in [-0.3, -0.25) is 9.78 Å². The van der Waals surface area contributed by atoms with Crippen LogP contribution in [0.2, 0.25) is 10.0 Å². The van der Waals surface area contributed by atoms with Crippen molar-refractivity contribution in [1.82, 2.24) is 24.1 Å². The molecule has 0 N–H and O–H groups in total. The van der Waals surface area contributed by atoms with Crippen LogP contribution in [0.5, 0.6) is 11.5 Å². The van der Waals surface area contributed by atoms with Gasteiger partial charge in [0.2, 0.25) is 0 Å². The summed E-state index contributed by atoms with van der Waals surface area (Å²) in [5, 5.41) is 2.89. The van der Waals surface area contributed by atoms with Crippen LogP contribution in [-0.2, 0) is 24.3 Å². The van der Waals surface area contributed by atoms with Gasteiger partial charge in [-0.25, -0.2) is 14.8 Å². The lowest BCUT2D eigenvalue weighted by molar-refractivity contribution is 0.0589. The number of ether oxygens (including phenoxy) is 3. The molecule has 1 aliphatic heterocycles. The molecule has 0 spiro atoms. The second kappa shape index (κ2) is 18.3. The summed E-state index contributed by atoms with van der Waals surface area (Å²) in [6.07, 6.45) is 2.70. The van der Waals surface area contributed by atoms with Crippen molar-refractivity contribution in [2.24, 2.45) is 0 Å². The molecular formula is C53H50Cl2N6O5. The van der Waals surface area contributed by atoms with Gasteiger partial charge in [-0.15, -0.1) is 0 Å². The van der Waals surface area contributed by atoms with Gasteiger partial charge in [0.05, 0.1) is 47.7 Å². The van der Waals surface area contributed by atoms with Crippen LogP contribution in [0.1, 0.15) is 85.4 Å². The predicted octanol–water partition coefficient (Wildman–Crippen LogP) is 11.9. The highest BCUT2D eigenvalue weighted by Gasteiger charge is 2.38. The van der Waals surface area contributed by atoms with E-state index in [0.29, 0.717) is 71.4 Å². The molecule has 9 rings (SSSR count). The van der Waals surface area contributed by atoms with Crippen molar-refractivity contribution < 1.29 is 23.8 Å². The lowest BCUT2D eigenvalue weighted by atomic mass is 9.97. The molecule has 0 bridgehead atoms. The Balaban J connectivity index is 1.23. The maximum absolute atomic E-state index is 15.9. The molecule has 0 saturated heterocycles. The first-order chi connectivity index (χ1) is 31.8. The van der Waals surface area contributed by atoms with Crippen LogP contribution < -0.4 is 14.4 Å². The number of rotatable bonds is 13. The van der Waals surface area contributed by atoms with Gasteiger partial charge >= 0.3 is 5.97 Å². The number of hydrogen-bond acceptors (Lipinski definition) is 8. The number of aryl methyl sites for hydroxylation is 6. The van der Waals surface area contributed by atoms with E-state index < -0.39 is 5.97 Å². The monoisotopic (exact) mass is 920 g/mol. The summed E-state index contributed by atoms with van der Waals surface area (Å²) in [6, 6.07) is 28.9. The van der Waals surface area contributed by atoms with Crippen molar-refractivity contribution in [2.75, 3.05) is 25.2 Å². The molecule has 0 aliphatic carbocycles. The molecule has 1 amide bonds. The normalized spacial score (nSPS) is 13.7. The second-order valence-electron chi connectivity index (χ2n) is 17.1. The molecule has 0 unspecified atom stereocenters. The van der Waals surface area contributed by atoms with E-state index in [0.717, 1.165) is 77.8 Å². The number of carbonyl (C=O) groups excluding carboxylic acids is 2. The minimum atomic E-state index is -0.511. The Hall–Kier alpha value is -6.69. The van der Waals surface area contributed by atoms with E-state index >= 15 is 4.79 Å². The van der Waals surface area contributed by atoms with E-state index in [1.54, 1.807) is 12.4 Å². The summed E-state index contributed by atoms with van der Waals surface area (Å²) < 4.78 is 22.2. The van der Waals surface area contributed by atoms with Gasteiger partial charge in [-0.05, 0) is 119 Å². The number of amides is 1. The Bertz CT molecular complexity index is 3150. The zero-order valence-corrected chi connectivity index (χ0v) is 39.5. The number of esters is 1. The fourth-order valence-corrected chi connectivity index (χ4v) is 9.79. The maximum Gasteiger partial charge on any atom is 0.354 e. The van der Waals surface area contributed by atoms with Crippen molar-refractivity contribution in [3.05, 3.63) is 164 Å². The summed E-state index contributed by atoms with van der Waals surface area (Å²) in [4.78, 5) is 45.3. The zero-order chi connectivity index (χ0) is 46.4. The third-order valence-corrected chi connectivity index (χ3v) is 13.3. The van der Waals surface area contributed by atoms with Crippen LogP contribution in [0.4, 0.5) is 5.69 Å². The van der Waals surface area contributed by atoms with Gasteiger partial charge in [0.1, 0.15) is 35.8 Å². The average Bonchev–Trinajstić information content (AvgIpc) is 3.83. The van der Waals surface area contributed by atoms with E-state index in [2.05, 4.69) is 21.5 Å². The first-order valence-electron chi connectivity index (χ1n) is 22.0. The highest BCUT2D eigenvalue weighted by molar-refractivity contribution is 6.35. The standard InChI is InChI=1S/C53H50Cl2N6O5/c1-30-21-39(22-31(2)48(30)55)65-20-12-17-41-42-18-19-43(54)47(46-34(5)56-29-57-35(46)6)50(42)61-33(4)26-60(52(62)51(41)61)44-25-40(66-28-36-14-9-8-10-15-36)23-37-24-45(53(63)64-7)59(49(37)44)27-38-16-11-13-32(3)58-38/h8-11,13-16,18-19,21-25,29,33H,12,17,20,26-28H2,1-7H3/t33-/m1/s1. The van der Waals surface area contributed by atoms with E-state index in [1.807, 2.05) is 129 Å². The third-order valence-electron chi connectivity index (χ3n) is 12.4. The summed E-state index contributed by atoms with van der Waals surface area (Å²) in [5.41, 5.74) is 11.5. The molecule has 4 aromatic carbocycles. The van der Waals surface area contributed by atoms with Crippen LogP contribution in [-0.4, -0.2) is 56.2 Å². The molecule has 0 fully saturated rings. The summed E-state index contributed by atoms with van der Waals surface area (Å²) in [6.45, 7) is 13.2. The summed E-state index contributed by atoms with van der Waals surface area (Å²) >= 11 is 13.7. The molecule has 1 atom stereocenters. The lowest BCUT2D eigenvalue weighted by Crippen LogP contribution is -2.43. The maximum atomic E-state index is 15.9. The molecule has 1 aliphatic rings. The molecule has 0 radical (unpaired) electrons. The van der Waals surface area contributed by atoms with E-state index in [-0.39, 0.29) is 18.5 Å². The van der Waals surface area contributed by atoms with Crippen molar-refractivity contribution in [3.8, 4) is 22.6 Å². The fourth-order valence-electron chi connectivity index (χ4n) is 9.44. The molecule has 0 saturated carbocycles. The Morgan fingerprint density at radius 2 is 1.55 bits per heavy atom. The smallest absolute Gasteiger partial charge is 0.354 e. The Morgan fingerprint density at radius 3 is 2.26 bits per heavy atom. The third kappa shape index (κ3) is 8.26. The molecule has 11 nitrogen and oxygen atoms in total. The van der Waals surface area contributed by atoms with Crippen LogP contribution in [0.25, 0.3) is 32.9 Å². The van der Waals surface area contributed by atoms with Gasteiger partial charge in [0, 0.05) is 62.7 Å². The molecule has 66 heavy (non-hydrogen) atoms. The first kappa shape index (κ1) is 44.5. The topological polar surface area (TPSA) is 114 Å². The molecule has 336 valence electrons. The summed E-state index contributed by atoms with van der Waals surface area (Å²) in [5.74, 6) is 0.575. The van der Waals surface area contributed by atoms with Gasteiger partial charge in [-0.1, -0.05) is 65.7 Å². The number of anilines is 1. The quantitative estimate of drug-likeness (QED) is 0.0830. The first-order valence-corrected chi connectivity index (χ1v) is 22.8. The van der Waals surface area contributed by atoms with Gasteiger partial charge in [0.15, 0.2) is 0 Å². The summed E-state index contributed by atoms with van der Waals surface area (Å²) in [7, 11) is 1.37. The van der Waals surface area contributed by atoms with Crippen molar-refractivity contribution >= 4 is 62.6 Å². The van der Waals surface area contributed by atoms with Gasteiger partial charge in [-0.2, -0.15) is 0 Å². The van der Waals surface area contributed by atoms with E-state index in [4.69, 9.17) is 42.4 Å². The van der Waals surface area contributed by atoms with Crippen molar-refractivity contribution in [1.29, 1.82) is 0 Å². The average molecular weight is 922 g/mol. The van der Waals surface area contributed by atoms with Gasteiger partial charge in [0.25, 0.3) is 5.91 Å². The Kier molecular flexibility index (Phi) is 12.3. The number of hydrogen-bond donors (Lipinski definition) is 0. The number of pyridine rings is 1. The molecule has 8 aromatic rings. The van der Waals surface area contributed by atoms with Crippen LogP contribution in [0.15, 0.2) is 97.3 Å². The molecule has 4 aromatic heterocycles. The zero-order valence-electron chi connectivity index (χ0n) is 38.0. The van der Waals surface area contributed by atoms with E-state index in [1.165, 1.54) is 7.11 Å². The number of fused-ring (bicyclic) bond motifs is 4. The lowest BCUT2D eigenvalue weighted by Gasteiger charge is -2.35. The SMILES string of the molecule is COC(=O)c1cc2cc(OCc3ccccc3)cc(N3C[C@@H](C)n4c(c(CCCOc5cc(C)c(Cl)c(C)c5)c5ccc(Cl)c(-c6c(C)ncnc6C)c54)C3=O)c2n1Cc1cccc(C)n1. The minimum absolute atomic E-state index is 0.202. The van der Waals surface area contributed by atoms with Crippen LogP contribution >= 0.6 is 23.2 Å². The number of carbonyl (C=O) groups is 2. The molecule has 5 heterocycles. The van der Waals surface area contributed by atoms with Crippen molar-refractivity contribution in [2.45, 2.75) is 73.6 Å². The largest absolute Gasteiger partial charge is 0.494 e. The number of aromatic nitrogens is 5. The van der Waals surface area contributed by atoms with Crippen LogP contribution in [0.3, 0.4) is 0 Å². The highest BCUT2D eigenvalue weighted by atomic mass is 35.5. The Morgan fingerprint density at radius 1 is 0.818 bits per heavy atom. The Labute approximate surface area is 393 Å².